The summed E-state index contributed by atoms with van der Waals surface area (Å²) in [4.78, 5) is 26.8. The van der Waals surface area contributed by atoms with E-state index in [1.807, 2.05) is 19.9 Å². The Hall–Kier alpha value is -2.83. The molecule has 1 aliphatic heterocycles. The van der Waals surface area contributed by atoms with Gasteiger partial charge in [0.25, 0.3) is 5.91 Å². The van der Waals surface area contributed by atoms with Gasteiger partial charge in [-0.15, -0.1) is 0 Å². The highest BCUT2D eigenvalue weighted by atomic mass is 16.5. The van der Waals surface area contributed by atoms with Gasteiger partial charge in [0.15, 0.2) is 0 Å². The Kier molecular flexibility index (Phi) is 4.61. The summed E-state index contributed by atoms with van der Waals surface area (Å²) in [7, 11) is 0. The molecule has 7 nitrogen and oxygen atoms in total. The molecular formula is C21H24N2O5. The van der Waals surface area contributed by atoms with Gasteiger partial charge >= 0.3 is 5.97 Å². The number of aromatic nitrogens is 1. The van der Waals surface area contributed by atoms with Crippen LogP contribution in [0.15, 0.2) is 28.8 Å². The summed E-state index contributed by atoms with van der Waals surface area (Å²) in [5, 5.41) is 13.7. The molecule has 1 saturated carbocycles. The number of aryl methyl sites for hydroxylation is 2. The number of carbonyl (C=O) groups is 2. The van der Waals surface area contributed by atoms with E-state index < -0.39 is 11.4 Å². The molecule has 28 heavy (non-hydrogen) atoms. The third-order valence-electron chi connectivity index (χ3n) is 6.25. The molecule has 2 aromatic rings. The first-order chi connectivity index (χ1) is 13.4. The fraction of sp³-hybridized carbons (Fsp3) is 0.476. The minimum Gasteiger partial charge on any atom is -0.488 e. The molecule has 0 unspecified atom stereocenters. The molecule has 148 valence electrons. The predicted molar refractivity (Wildman–Crippen MR) is 100 cm³/mol. The van der Waals surface area contributed by atoms with E-state index in [0.29, 0.717) is 30.0 Å². The van der Waals surface area contributed by atoms with E-state index in [0.717, 1.165) is 24.1 Å². The number of aliphatic carboxylic acids is 1. The molecule has 7 heteroatoms. The maximum atomic E-state index is 13.2. The van der Waals surface area contributed by atoms with Crippen molar-refractivity contribution in [2.24, 2.45) is 11.3 Å². The van der Waals surface area contributed by atoms with Gasteiger partial charge in [0.1, 0.15) is 18.1 Å². The van der Waals surface area contributed by atoms with Crippen LogP contribution in [0.4, 0.5) is 0 Å². The van der Waals surface area contributed by atoms with Crippen LogP contribution in [0, 0.1) is 25.2 Å². The van der Waals surface area contributed by atoms with Crippen LogP contribution in [0.5, 0.6) is 5.75 Å². The largest absolute Gasteiger partial charge is 0.488 e. The number of carbonyl (C=O) groups excluding carboxylic acids is 1. The van der Waals surface area contributed by atoms with Gasteiger partial charge in [-0.05, 0) is 44.7 Å². The van der Waals surface area contributed by atoms with Crippen molar-refractivity contribution in [1.29, 1.82) is 0 Å². The molecule has 1 N–H and O–H groups in total. The van der Waals surface area contributed by atoms with Gasteiger partial charge in [0.2, 0.25) is 0 Å². The van der Waals surface area contributed by atoms with Gasteiger partial charge in [0, 0.05) is 13.1 Å². The molecular weight excluding hydrogens is 360 g/mol. The normalized spacial score (nSPS) is 23.6. The van der Waals surface area contributed by atoms with E-state index in [-0.39, 0.29) is 25.0 Å². The lowest BCUT2D eigenvalue weighted by molar-refractivity contribution is -0.149. The number of rotatable bonds is 5. The highest BCUT2D eigenvalue weighted by Gasteiger charge is 2.55. The molecule has 2 aliphatic rings. The van der Waals surface area contributed by atoms with E-state index in [1.165, 1.54) is 0 Å². The fourth-order valence-corrected chi connectivity index (χ4v) is 4.59. The molecule has 2 heterocycles. The first kappa shape index (κ1) is 18.5. The number of carboxylic acid groups (broad SMARTS) is 1. The van der Waals surface area contributed by atoms with Crippen molar-refractivity contribution >= 4 is 11.9 Å². The quantitative estimate of drug-likeness (QED) is 0.851. The van der Waals surface area contributed by atoms with Crippen LogP contribution in [0.3, 0.4) is 0 Å². The number of carboxylic acids is 1. The van der Waals surface area contributed by atoms with Gasteiger partial charge in [0.05, 0.1) is 22.2 Å². The number of ether oxygens (including phenoxy) is 1. The first-order valence-electron chi connectivity index (χ1n) is 9.58. The van der Waals surface area contributed by atoms with Gasteiger partial charge in [-0.25, -0.2) is 0 Å². The summed E-state index contributed by atoms with van der Waals surface area (Å²) in [5.41, 5.74) is 1.29. The molecule has 2 atom stereocenters. The van der Waals surface area contributed by atoms with Crippen molar-refractivity contribution < 1.29 is 24.0 Å². The van der Waals surface area contributed by atoms with E-state index in [9.17, 15) is 14.7 Å². The lowest BCUT2D eigenvalue weighted by Crippen LogP contribution is -2.37. The zero-order valence-corrected chi connectivity index (χ0v) is 16.1. The van der Waals surface area contributed by atoms with Crippen LogP contribution in [0.2, 0.25) is 0 Å². The summed E-state index contributed by atoms with van der Waals surface area (Å²) in [6.07, 6.45) is 2.41. The number of benzene rings is 1. The fourth-order valence-electron chi connectivity index (χ4n) is 4.59. The molecule has 1 aromatic carbocycles. The number of nitrogens with zero attached hydrogens (tertiary/aromatic N) is 2. The van der Waals surface area contributed by atoms with Crippen LogP contribution in [-0.4, -0.2) is 40.1 Å². The number of hydrogen-bond donors (Lipinski definition) is 1. The number of para-hydroxylation sites is 1. The zero-order valence-electron chi connectivity index (χ0n) is 16.1. The number of likely N-dealkylation sites (tertiary alicyclic amines) is 1. The van der Waals surface area contributed by atoms with Crippen molar-refractivity contribution in [1.82, 2.24) is 10.1 Å². The standard InChI is InChI=1S/C21H24N2O5/c1-13-17(14(2)28-22-13)11-27-18-8-4-3-7-16(18)19(24)23-10-15-6-5-9-21(15,12-23)20(25)26/h3-4,7-8,15H,5-6,9-12H2,1-2H3,(H,25,26)/t15-,21+/m0/s1. The first-order valence-corrected chi connectivity index (χ1v) is 9.58. The highest BCUT2D eigenvalue weighted by Crippen LogP contribution is 2.49. The van der Waals surface area contributed by atoms with Gasteiger partial charge in [-0.3, -0.25) is 9.59 Å². The SMILES string of the molecule is Cc1noc(C)c1COc1ccccc1C(=O)N1C[C@@H]2CCC[C@@]2(C(=O)O)C1. The second-order valence-corrected chi connectivity index (χ2v) is 7.82. The number of amides is 1. The molecule has 1 aliphatic carbocycles. The van der Waals surface area contributed by atoms with Crippen LogP contribution in [0.25, 0.3) is 0 Å². The Bertz CT molecular complexity index is 902. The molecule has 0 bridgehead atoms. The van der Waals surface area contributed by atoms with E-state index in [2.05, 4.69) is 5.16 Å². The third kappa shape index (κ3) is 2.95. The van der Waals surface area contributed by atoms with Gasteiger partial charge in [-0.2, -0.15) is 0 Å². The van der Waals surface area contributed by atoms with Crippen molar-refractivity contribution in [3.63, 3.8) is 0 Å². The van der Waals surface area contributed by atoms with Crippen LogP contribution < -0.4 is 4.74 Å². The smallest absolute Gasteiger partial charge is 0.311 e. The topological polar surface area (TPSA) is 92.9 Å². The van der Waals surface area contributed by atoms with Crippen molar-refractivity contribution in [3.05, 3.63) is 46.8 Å². The van der Waals surface area contributed by atoms with Crippen LogP contribution >= 0.6 is 0 Å². The monoisotopic (exact) mass is 384 g/mol. The average Bonchev–Trinajstić information content (AvgIpc) is 3.33. The lowest BCUT2D eigenvalue weighted by atomic mass is 9.81. The zero-order chi connectivity index (χ0) is 19.9. The third-order valence-corrected chi connectivity index (χ3v) is 6.25. The summed E-state index contributed by atoms with van der Waals surface area (Å²) in [6, 6.07) is 7.10. The molecule has 1 amide bonds. The minimum absolute atomic E-state index is 0.0318. The van der Waals surface area contributed by atoms with Crippen molar-refractivity contribution in [3.8, 4) is 5.75 Å². The lowest BCUT2D eigenvalue weighted by Gasteiger charge is -2.23. The number of hydrogen-bond acceptors (Lipinski definition) is 5. The molecule has 1 saturated heterocycles. The molecule has 4 rings (SSSR count). The molecule has 0 spiro atoms. The van der Waals surface area contributed by atoms with Crippen LogP contribution in [-0.2, 0) is 11.4 Å². The Morgan fingerprint density at radius 1 is 1.36 bits per heavy atom. The minimum atomic E-state index is -0.790. The second kappa shape index (κ2) is 6.96. The van der Waals surface area contributed by atoms with Gasteiger partial charge < -0.3 is 19.3 Å². The van der Waals surface area contributed by atoms with E-state index >= 15 is 0 Å². The summed E-state index contributed by atoms with van der Waals surface area (Å²) < 4.78 is 11.1. The van der Waals surface area contributed by atoms with Crippen molar-refractivity contribution in [2.45, 2.75) is 39.7 Å². The maximum Gasteiger partial charge on any atom is 0.311 e. The Balaban J connectivity index is 1.54. The van der Waals surface area contributed by atoms with Gasteiger partial charge in [-0.1, -0.05) is 23.7 Å². The highest BCUT2D eigenvalue weighted by molar-refractivity contribution is 5.97. The molecule has 0 radical (unpaired) electrons. The van der Waals surface area contributed by atoms with Crippen LogP contribution in [0.1, 0.15) is 46.6 Å². The molecule has 1 aromatic heterocycles. The van der Waals surface area contributed by atoms with Crippen molar-refractivity contribution in [2.75, 3.05) is 13.1 Å². The Morgan fingerprint density at radius 3 is 2.82 bits per heavy atom. The van der Waals surface area contributed by atoms with E-state index in [1.54, 1.807) is 23.1 Å². The summed E-state index contributed by atoms with van der Waals surface area (Å²) in [5.74, 6) is 0.243. The summed E-state index contributed by atoms with van der Waals surface area (Å²) >= 11 is 0. The predicted octanol–water partition coefficient (Wildman–Crippen LogP) is 3.20. The second-order valence-electron chi connectivity index (χ2n) is 7.82. The molecule has 2 fully saturated rings. The Morgan fingerprint density at radius 2 is 2.14 bits per heavy atom. The maximum absolute atomic E-state index is 13.2. The Labute approximate surface area is 163 Å². The van der Waals surface area contributed by atoms with E-state index in [4.69, 9.17) is 9.26 Å². The summed E-state index contributed by atoms with van der Waals surface area (Å²) in [6.45, 7) is 4.69. The number of fused-ring (bicyclic) bond motifs is 1. The average molecular weight is 384 g/mol.